The standard InChI is InChI=1S/C8H15N.2C7H14N2.2C7H13N.C7H11N.C6H10O.7C4H10/c1-2-7-4-5-9-6-8(7)3-1;1-2-7-6-8-3-5-9(7)4-1;1-2-6-7(3-1)9-5-4-8-6;3*1-2-6-4-8-5-7(6)3-1;1-2-5-4-7-6(5)3-1;7*1-4(2)3/h7-9H,1-6H2;7-8H,1-6H2;6-9H,1-5H2;2*6-8H,1-5H2;8H,1-5H2;5-6H,1-4H2;7*4H,1-3H3/t;;;6-,7+;;;;;;;;;;. The Labute approximate surface area is 541 Å². The van der Waals surface area contributed by atoms with E-state index >= 15 is 0 Å². The molecule has 14 rings (SSSR count). The van der Waals surface area contributed by atoms with Gasteiger partial charge in [-0.05, 0) is 219 Å². The van der Waals surface area contributed by atoms with Crippen molar-refractivity contribution in [2.75, 3.05) is 98.2 Å². The van der Waals surface area contributed by atoms with Gasteiger partial charge in [0.1, 0.15) is 0 Å². The van der Waals surface area contributed by atoms with Gasteiger partial charge in [0, 0.05) is 69.9 Å². The fourth-order valence-electron chi connectivity index (χ4n) is 13.6. The maximum absolute atomic E-state index is 5.25. The zero-order valence-electron chi connectivity index (χ0n) is 62.2. The number of ether oxygens (including phenoxy) is 1. The SMILES string of the molecule is C1CC2=C(C1)CNC2.C1CC2CCNCC2C1.C1CC2CNCC2C1.C1CC2CNCCN2C1.C1CC2COC2C1.C1CC2NCCNC2C1.C1C[C@@H]2CNC[C@@H]2C1.CC(C)C.CC(C)C.CC(C)C.CC(C)C.CC(C)C.CC(C)C.CC(C)C. The van der Waals surface area contributed by atoms with E-state index in [9.17, 15) is 0 Å². The smallest absolute Gasteiger partial charge is 0.0625 e. The first kappa shape index (κ1) is 83.4. The summed E-state index contributed by atoms with van der Waals surface area (Å²) in [5.41, 5.74) is 3.43. The molecule has 6 aliphatic carbocycles. The second kappa shape index (κ2) is 51.8. The molecule has 9 nitrogen and oxygen atoms in total. The van der Waals surface area contributed by atoms with Crippen LogP contribution in [0.15, 0.2) is 11.1 Å². The molecule has 7 saturated heterocycles. The summed E-state index contributed by atoms with van der Waals surface area (Å²) in [4.78, 5) is 2.61. The normalized spacial score (nSPS) is 30.5. The highest BCUT2D eigenvalue weighted by Gasteiger charge is 2.36. The lowest BCUT2D eigenvalue weighted by atomic mass is 9.90. The third-order valence-electron chi connectivity index (χ3n) is 17.3. The predicted octanol–water partition coefficient (Wildman–Crippen LogP) is 17.5. The van der Waals surface area contributed by atoms with Crippen LogP contribution in [0.5, 0.6) is 0 Å². The van der Waals surface area contributed by atoms with Crippen molar-refractivity contribution in [1.29, 1.82) is 0 Å². The molecule has 0 spiro atoms. The Kier molecular flexibility index (Phi) is 50.3. The predicted molar refractivity (Wildman–Crippen MR) is 385 cm³/mol. The lowest BCUT2D eigenvalue weighted by Crippen LogP contribution is -2.52. The summed E-state index contributed by atoms with van der Waals surface area (Å²) in [5.74, 6) is 13.2. The third kappa shape index (κ3) is 44.0. The number of piperazine rings is 2. The van der Waals surface area contributed by atoms with Crippen molar-refractivity contribution in [2.45, 2.75) is 304 Å². The van der Waals surface area contributed by atoms with Crippen LogP contribution in [0.2, 0.25) is 0 Å². The van der Waals surface area contributed by atoms with Crippen molar-refractivity contribution in [2.24, 2.45) is 82.9 Å². The lowest BCUT2D eigenvalue weighted by molar-refractivity contribution is -0.0940. The molecule has 7 N–H and O–H groups in total. The van der Waals surface area contributed by atoms with Crippen LogP contribution in [0.4, 0.5) is 0 Å². The van der Waals surface area contributed by atoms with Crippen LogP contribution in [0, 0.1) is 82.9 Å². The highest BCUT2D eigenvalue weighted by Crippen LogP contribution is 2.37. The van der Waals surface area contributed by atoms with Crippen LogP contribution in [0.3, 0.4) is 0 Å². The molecule has 0 aromatic carbocycles. The van der Waals surface area contributed by atoms with Gasteiger partial charge in [0.05, 0.1) is 12.7 Å². The Hall–Kier alpha value is -0.620. The molecule has 0 aromatic rings. The number of nitrogens with zero attached hydrogens (tertiary/aromatic N) is 1. The molecule has 9 heteroatoms. The Bertz CT molecular complexity index is 1270. The molecule has 8 aliphatic heterocycles. The van der Waals surface area contributed by atoms with Crippen LogP contribution in [0.1, 0.15) is 280 Å². The van der Waals surface area contributed by atoms with Crippen LogP contribution >= 0.6 is 0 Å². The lowest BCUT2D eigenvalue weighted by Gasteiger charge is -2.30. The van der Waals surface area contributed by atoms with Gasteiger partial charge in [-0.1, -0.05) is 195 Å². The molecule has 12 fully saturated rings. The molecular weight excluding hydrogens is 1050 g/mol. The summed E-state index contributed by atoms with van der Waals surface area (Å²) in [6, 6.07) is 2.50. The van der Waals surface area contributed by atoms with Crippen molar-refractivity contribution >= 4 is 0 Å². The second-order valence-corrected chi connectivity index (χ2v) is 33.1. The second-order valence-electron chi connectivity index (χ2n) is 33.1. The Balaban J connectivity index is 0.000000470. The van der Waals surface area contributed by atoms with Crippen molar-refractivity contribution in [3.05, 3.63) is 11.1 Å². The number of nitrogens with one attached hydrogen (secondary N) is 7. The number of piperidine rings is 1. The monoisotopic (exact) mass is 1210 g/mol. The van der Waals surface area contributed by atoms with Gasteiger partial charge in [0.25, 0.3) is 0 Å². The van der Waals surface area contributed by atoms with Gasteiger partial charge in [-0.15, -0.1) is 0 Å². The van der Waals surface area contributed by atoms with E-state index < -0.39 is 0 Å². The maximum Gasteiger partial charge on any atom is 0.0625 e. The fourth-order valence-corrected chi connectivity index (χ4v) is 13.6. The first-order valence-electron chi connectivity index (χ1n) is 37.9. The van der Waals surface area contributed by atoms with Gasteiger partial charge < -0.3 is 42.0 Å². The zero-order valence-corrected chi connectivity index (χ0v) is 62.2. The molecule has 0 amide bonds. The van der Waals surface area contributed by atoms with E-state index in [0.29, 0.717) is 6.10 Å². The fraction of sp³-hybridized carbons (Fsp3) is 0.974. The first-order chi connectivity index (χ1) is 40.9. The number of hydrogen-bond acceptors (Lipinski definition) is 9. The van der Waals surface area contributed by atoms with Crippen LogP contribution in [-0.2, 0) is 4.74 Å². The number of hydrogen-bond donors (Lipinski definition) is 7. The molecule has 514 valence electrons. The van der Waals surface area contributed by atoms with E-state index in [1.165, 1.54) is 226 Å². The summed E-state index contributed by atoms with van der Waals surface area (Å²) in [5, 5.41) is 24.1. The average Bonchev–Trinajstić information content (AvgIpc) is 4.43. The van der Waals surface area contributed by atoms with Crippen molar-refractivity contribution < 1.29 is 4.74 Å². The summed E-state index contributed by atoms with van der Waals surface area (Å²) >= 11 is 0. The highest BCUT2D eigenvalue weighted by molar-refractivity contribution is 5.26. The Morgan fingerprint density at radius 2 is 0.674 bits per heavy atom. The Morgan fingerprint density at radius 1 is 0.314 bits per heavy atom. The summed E-state index contributed by atoms with van der Waals surface area (Å²) in [6.07, 6.45) is 31.0. The van der Waals surface area contributed by atoms with Crippen molar-refractivity contribution in [3.8, 4) is 0 Å². The van der Waals surface area contributed by atoms with E-state index in [4.69, 9.17) is 4.74 Å². The summed E-state index contributed by atoms with van der Waals surface area (Å²) in [7, 11) is 0. The van der Waals surface area contributed by atoms with Gasteiger partial charge >= 0.3 is 0 Å². The molecule has 11 atom stereocenters. The number of rotatable bonds is 0. The van der Waals surface area contributed by atoms with Crippen LogP contribution in [-0.4, -0.2) is 127 Å². The third-order valence-corrected chi connectivity index (χ3v) is 17.3. The van der Waals surface area contributed by atoms with Gasteiger partial charge in [-0.3, -0.25) is 4.90 Å². The van der Waals surface area contributed by atoms with Gasteiger partial charge in [-0.25, -0.2) is 0 Å². The van der Waals surface area contributed by atoms with E-state index in [0.717, 1.165) is 108 Å². The zero-order chi connectivity index (χ0) is 64.2. The van der Waals surface area contributed by atoms with Crippen LogP contribution in [0.25, 0.3) is 0 Å². The molecule has 8 heterocycles. The summed E-state index contributed by atoms with van der Waals surface area (Å²) in [6.45, 7) is 64.2. The van der Waals surface area contributed by atoms with Gasteiger partial charge in [0.2, 0.25) is 0 Å². The van der Waals surface area contributed by atoms with E-state index in [1.807, 2.05) is 0 Å². The molecule has 0 aromatic heterocycles. The topological polar surface area (TPSA) is 96.7 Å². The van der Waals surface area contributed by atoms with Crippen molar-refractivity contribution in [3.63, 3.8) is 0 Å². The molecule has 0 bridgehead atoms. The minimum Gasteiger partial charge on any atom is -0.377 e. The Morgan fingerprint density at radius 3 is 1.03 bits per heavy atom. The van der Waals surface area contributed by atoms with Crippen LogP contribution < -0.4 is 37.2 Å². The first-order valence-corrected chi connectivity index (χ1v) is 37.9. The van der Waals surface area contributed by atoms with Gasteiger partial charge in [0.15, 0.2) is 0 Å². The molecule has 0 radical (unpaired) electrons. The maximum atomic E-state index is 5.25. The van der Waals surface area contributed by atoms with Gasteiger partial charge in [-0.2, -0.15) is 0 Å². The molecule has 14 aliphatic rings. The minimum absolute atomic E-state index is 0.694. The van der Waals surface area contributed by atoms with Crippen molar-refractivity contribution in [1.82, 2.24) is 42.1 Å². The minimum atomic E-state index is 0.694. The number of fused-ring (bicyclic) bond motifs is 6. The van der Waals surface area contributed by atoms with E-state index in [-0.39, 0.29) is 0 Å². The quantitative estimate of drug-likeness (QED) is 0.120. The van der Waals surface area contributed by atoms with E-state index in [2.05, 4.69) is 188 Å². The summed E-state index contributed by atoms with van der Waals surface area (Å²) < 4.78 is 5.25. The molecule has 5 saturated carbocycles. The average molecular weight is 1210 g/mol. The van der Waals surface area contributed by atoms with E-state index in [1.54, 1.807) is 11.1 Å². The highest BCUT2D eigenvalue weighted by atomic mass is 16.5. The molecule has 86 heavy (non-hydrogen) atoms. The molecule has 9 unspecified atom stereocenters. The molecular formula is C77H160N8O. The largest absolute Gasteiger partial charge is 0.377 e.